The Labute approximate surface area is 243 Å². The number of piperazine rings is 2. The smallest absolute Gasteiger partial charge is 0.196 e. The van der Waals surface area contributed by atoms with Crippen LogP contribution in [0.15, 0.2) is 40.8 Å². The third kappa shape index (κ3) is 4.76. The van der Waals surface area contributed by atoms with Gasteiger partial charge in [0.1, 0.15) is 11.6 Å². The molecule has 2 saturated heterocycles. The first-order valence-electron chi connectivity index (χ1n) is 15.1. The number of aryl methyl sites for hydroxylation is 1. The molecule has 220 valence electrons. The number of benzene rings is 2. The van der Waals surface area contributed by atoms with E-state index in [1.165, 1.54) is 12.1 Å². The van der Waals surface area contributed by atoms with Gasteiger partial charge in [-0.05, 0) is 50.1 Å². The van der Waals surface area contributed by atoms with Gasteiger partial charge in [0.25, 0.3) is 0 Å². The van der Waals surface area contributed by atoms with E-state index < -0.39 is 11.6 Å². The molecule has 2 N–H and O–H groups in total. The summed E-state index contributed by atoms with van der Waals surface area (Å²) >= 11 is 0. The minimum Gasteiger partial charge on any atom is -0.367 e. The second-order valence-electron chi connectivity index (χ2n) is 11.7. The van der Waals surface area contributed by atoms with Crippen molar-refractivity contribution in [2.75, 3.05) is 73.6 Å². The lowest BCUT2D eigenvalue weighted by molar-refractivity contribution is 0.103. The summed E-state index contributed by atoms with van der Waals surface area (Å²) in [7, 11) is 0. The molecule has 1 aromatic heterocycles. The van der Waals surface area contributed by atoms with Gasteiger partial charge in [0.15, 0.2) is 11.2 Å². The van der Waals surface area contributed by atoms with Crippen LogP contribution in [0.25, 0.3) is 17.0 Å². The molecule has 0 atom stereocenters. The summed E-state index contributed by atoms with van der Waals surface area (Å²) in [6, 6.07) is 6.60. The Morgan fingerprint density at radius 3 is 2.10 bits per heavy atom. The van der Waals surface area contributed by atoms with Crippen LogP contribution in [0.3, 0.4) is 0 Å². The Hall–Kier alpha value is -3.76. The number of anilines is 3. The first kappa shape index (κ1) is 27.1. The lowest BCUT2D eigenvalue weighted by Gasteiger charge is -2.35. The van der Waals surface area contributed by atoms with Crippen molar-refractivity contribution in [2.45, 2.75) is 32.4 Å². The molecule has 3 aliphatic heterocycles. The molecule has 1 saturated carbocycles. The lowest BCUT2D eigenvalue weighted by atomic mass is 9.93. The van der Waals surface area contributed by atoms with E-state index in [9.17, 15) is 9.59 Å². The molecule has 4 heterocycles. The average Bonchev–Trinajstić information content (AvgIpc) is 3.86. The fourth-order valence-corrected chi connectivity index (χ4v) is 6.58. The fourth-order valence-electron chi connectivity index (χ4n) is 6.58. The molecule has 10 heteroatoms. The van der Waals surface area contributed by atoms with Gasteiger partial charge in [-0.25, -0.2) is 8.78 Å². The van der Waals surface area contributed by atoms with Gasteiger partial charge >= 0.3 is 0 Å². The van der Waals surface area contributed by atoms with Crippen LogP contribution in [0.5, 0.6) is 0 Å². The molecule has 3 fully saturated rings. The Bertz CT molecular complexity index is 1650. The molecule has 0 bridgehead atoms. The van der Waals surface area contributed by atoms with Gasteiger partial charge in [0, 0.05) is 99.8 Å². The molecule has 42 heavy (non-hydrogen) atoms. The van der Waals surface area contributed by atoms with Gasteiger partial charge in [0.2, 0.25) is 0 Å². The largest absolute Gasteiger partial charge is 0.367 e. The van der Waals surface area contributed by atoms with Crippen LogP contribution in [0.1, 0.15) is 35.7 Å². The Morgan fingerprint density at radius 2 is 1.48 bits per heavy atom. The van der Waals surface area contributed by atoms with Gasteiger partial charge in [-0.1, -0.05) is 0 Å². The highest BCUT2D eigenvalue weighted by atomic mass is 19.1. The fraction of sp³-hybridized carbons (Fsp3) is 0.438. The summed E-state index contributed by atoms with van der Waals surface area (Å²) in [6.07, 6.45) is 5.41. The van der Waals surface area contributed by atoms with E-state index in [1.807, 2.05) is 27.4 Å². The number of rotatable bonds is 5. The third-order valence-electron chi connectivity index (χ3n) is 9.00. The first-order chi connectivity index (χ1) is 20.4. The molecule has 0 spiro atoms. The zero-order valence-corrected chi connectivity index (χ0v) is 23.9. The van der Waals surface area contributed by atoms with Crippen LogP contribution in [0, 0.1) is 11.6 Å². The Kier molecular flexibility index (Phi) is 6.98. The predicted octanol–water partition coefficient (Wildman–Crippen LogP) is 3.37. The molecule has 1 aliphatic carbocycles. The summed E-state index contributed by atoms with van der Waals surface area (Å²) in [4.78, 5) is 33.7. The second-order valence-corrected chi connectivity index (χ2v) is 11.7. The maximum Gasteiger partial charge on any atom is 0.196 e. The molecular weight excluding hydrogens is 538 g/mol. The SMILES string of the molecule is CCn1cc(/C=C2\CN(C3CC3)c3cc(N4CCNCC4)c(F)cc3C2=O)c(=O)c2cc(F)c(N3CCNCC3)cc21. The van der Waals surface area contributed by atoms with Crippen molar-refractivity contribution in [3.8, 4) is 0 Å². The minimum atomic E-state index is -0.424. The van der Waals surface area contributed by atoms with Gasteiger partial charge < -0.3 is 29.9 Å². The van der Waals surface area contributed by atoms with Crippen LogP contribution in [-0.4, -0.2) is 75.3 Å². The van der Waals surface area contributed by atoms with E-state index in [1.54, 1.807) is 18.3 Å². The van der Waals surface area contributed by atoms with E-state index >= 15 is 8.78 Å². The Morgan fingerprint density at radius 1 is 0.857 bits per heavy atom. The number of halogens is 2. The van der Waals surface area contributed by atoms with E-state index in [0.717, 1.165) is 44.7 Å². The van der Waals surface area contributed by atoms with E-state index in [0.29, 0.717) is 72.9 Å². The molecule has 8 nitrogen and oxygen atoms in total. The lowest BCUT2D eigenvalue weighted by Crippen LogP contribution is -2.44. The molecule has 4 aliphatic rings. The van der Waals surface area contributed by atoms with Crippen LogP contribution < -0.4 is 30.8 Å². The molecule has 7 rings (SSSR count). The minimum absolute atomic E-state index is 0.268. The number of hydrogen-bond donors (Lipinski definition) is 2. The number of ketones is 1. The van der Waals surface area contributed by atoms with E-state index in [4.69, 9.17) is 0 Å². The monoisotopic (exact) mass is 574 g/mol. The number of hydrogen-bond acceptors (Lipinski definition) is 7. The van der Waals surface area contributed by atoms with Crippen LogP contribution >= 0.6 is 0 Å². The summed E-state index contributed by atoms with van der Waals surface area (Å²) in [5.74, 6) is -1.10. The molecule has 3 aromatic rings. The number of aromatic nitrogens is 1. The number of carbonyl (C=O) groups excluding carboxylic acids is 1. The normalized spacial score (nSPS) is 20.5. The summed E-state index contributed by atoms with van der Waals surface area (Å²) in [5, 5.41) is 6.87. The first-order valence-corrected chi connectivity index (χ1v) is 15.1. The van der Waals surface area contributed by atoms with Gasteiger partial charge in [-0.3, -0.25) is 9.59 Å². The molecule has 0 unspecified atom stereocenters. The maximum atomic E-state index is 15.4. The highest BCUT2D eigenvalue weighted by molar-refractivity contribution is 6.17. The number of nitrogens with zero attached hydrogens (tertiary/aromatic N) is 4. The van der Waals surface area contributed by atoms with E-state index in [2.05, 4.69) is 15.5 Å². The van der Waals surface area contributed by atoms with Crippen LogP contribution in [0.4, 0.5) is 25.8 Å². The number of pyridine rings is 1. The zero-order valence-electron chi connectivity index (χ0n) is 23.9. The molecule has 2 aromatic carbocycles. The van der Waals surface area contributed by atoms with Crippen molar-refractivity contribution < 1.29 is 13.6 Å². The summed E-state index contributed by atoms with van der Waals surface area (Å²) in [5.41, 5.74) is 3.26. The summed E-state index contributed by atoms with van der Waals surface area (Å²) < 4.78 is 32.7. The van der Waals surface area contributed by atoms with Crippen molar-refractivity contribution in [2.24, 2.45) is 0 Å². The number of Topliss-reactive ketones (excluding diaryl/α,β-unsaturated/α-hetero) is 1. The van der Waals surface area contributed by atoms with Gasteiger partial charge in [0.05, 0.1) is 22.6 Å². The molecular formula is C32H36F2N6O2. The number of nitrogens with one attached hydrogen (secondary N) is 2. The highest BCUT2D eigenvalue weighted by Gasteiger charge is 2.38. The Balaban J connectivity index is 1.29. The highest BCUT2D eigenvalue weighted by Crippen LogP contribution is 2.41. The third-order valence-corrected chi connectivity index (χ3v) is 9.00. The molecule has 0 radical (unpaired) electrons. The number of fused-ring (bicyclic) bond motifs is 2. The zero-order chi connectivity index (χ0) is 29.0. The van der Waals surface area contributed by atoms with Gasteiger partial charge in [-0.15, -0.1) is 0 Å². The average molecular weight is 575 g/mol. The quantitative estimate of drug-likeness (QED) is 0.453. The van der Waals surface area contributed by atoms with Crippen molar-refractivity contribution in [1.82, 2.24) is 15.2 Å². The second kappa shape index (κ2) is 10.8. The maximum absolute atomic E-state index is 15.4. The molecule has 0 amide bonds. The van der Waals surface area contributed by atoms with Crippen molar-refractivity contribution >= 4 is 39.8 Å². The van der Waals surface area contributed by atoms with Crippen LogP contribution in [0.2, 0.25) is 0 Å². The summed E-state index contributed by atoms with van der Waals surface area (Å²) in [6.45, 7) is 8.84. The predicted molar refractivity (Wildman–Crippen MR) is 163 cm³/mol. The topological polar surface area (TPSA) is 72.8 Å². The van der Waals surface area contributed by atoms with Crippen molar-refractivity contribution in [1.29, 1.82) is 0 Å². The van der Waals surface area contributed by atoms with Gasteiger partial charge in [-0.2, -0.15) is 0 Å². The van der Waals surface area contributed by atoms with E-state index in [-0.39, 0.29) is 22.6 Å². The standard InChI is InChI=1S/C32H36F2N6O2/c1-2-37-18-20(31(41)23-14-25(33)29(16-27(23)37)38-9-5-35-6-10-38)13-21-19-40(22-3-4-22)28-17-30(39-11-7-36-8-12-39)26(34)15-24(28)32(21)42/h13-18,22,35-36H,2-12,19H2,1H3/b21-13+. The van der Waals surface area contributed by atoms with Crippen molar-refractivity contribution in [3.05, 3.63) is 69.0 Å². The van der Waals surface area contributed by atoms with Crippen molar-refractivity contribution in [3.63, 3.8) is 0 Å². The number of carbonyl (C=O) groups is 1. The van der Waals surface area contributed by atoms with Crippen LogP contribution in [-0.2, 0) is 6.54 Å².